The molecule has 13 heavy (non-hydrogen) atoms. The van der Waals surface area contributed by atoms with Crippen molar-refractivity contribution in [1.82, 2.24) is 0 Å². The van der Waals surface area contributed by atoms with Crippen LogP contribution < -0.4 is 5.73 Å². The molecule has 0 aliphatic heterocycles. The van der Waals surface area contributed by atoms with E-state index < -0.39 is 0 Å². The van der Waals surface area contributed by atoms with Crippen LogP contribution in [0.5, 0.6) is 0 Å². The van der Waals surface area contributed by atoms with Gasteiger partial charge in [0.25, 0.3) is 0 Å². The van der Waals surface area contributed by atoms with E-state index in [0.29, 0.717) is 0 Å². The van der Waals surface area contributed by atoms with Crippen LogP contribution in [0.2, 0.25) is 0 Å². The number of rotatable bonds is 2. The Morgan fingerprint density at radius 3 is 2.23 bits per heavy atom. The van der Waals surface area contributed by atoms with Crippen LogP contribution in [0.15, 0.2) is 12.1 Å². The van der Waals surface area contributed by atoms with Gasteiger partial charge in [-0.2, -0.15) is 9.90 Å². The second-order valence-corrected chi connectivity index (χ2v) is 3.12. The van der Waals surface area contributed by atoms with Crippen molar-refractivity contribution < 1.29 is 0 Å². The lowest BCUT2D eigenvalue weighted by atomic mass is 9.97. The summed E-state index contributed by atoms with van der Waals surface area (Å²) in [6, 6.07) is 4.15. The molecule has 1 aromatic carbocycles. The Balaban J connectivity index is 0.00000144. The lowest BCUT2D eigenvalue weighted by Gasteiger charge is -2.10. The third kappa shape index (κ3) is 2.45. The Labute approximate surface area is 84.3 Å². The Morgan fingerprint density at radius 2 is 1.77 bits per heavy atom. The molecule has 0 aromatic heterocycles. The zero-order valence-corrected chi connectivity index (χ0v) is 10.3. The average molecular weight is 197 g/mol. The minimum atomic E-state index is 0. The van der Waals surface area contributed by atoms with Crippen molar-refractivity contribution in [3.05, 3.63) is 28.8 Å². The summed E-state index contributed by atoms with van der Waals surface area (Å²) in [5, 5.41) is 0. The predicted octanol–water partition coefficient (Wildman–Crippen LogP) is 2.76. The molecular formula is C11H20NP. The first kappa shape index (κ1) is 12.4. The van der Waals surface area contributed by atoms with E-state index in [1.54, 1.807) is 0 Å². The van der Waals surface area contributed by atoms with Gasteiger partial charge in [-0.1, -0.05) is 19.9 Å². The van der Waals surface area contributed by atoms with Crippen molar-refractivity contribution in [2.75, 3.05) is 5.73 Å². The smallest absolute Gasteiger partial charge is 0.0349 e. The van der Waals surface area contributed by atoms with Crippen LogP contribution >= 0.6 is 9.90 Å². The Kier molecular flexibility index (Phi) is 5.02. The third-order valence-electron chi connectivity index (χ3n) is 2.48. The molecule has 1 unspecified atom stereocenters. The van der Waals surface area contributed by atoms with Crippen molar-refractivity contribution in [2.24, 2.45) is 0 Å². The van der Waals surface area contributed by atoms with E-state index in [-0.39, 0.29) is 9.90 Å². The number of aryl methyl sites for hydroxylation is 1. The zero-order chi connectivity index (χ0) is 9.14. The molecule has 1 atom stereocenters. The van der Waals surface area contributed by atoms with Gasteiger partial charge in [0.05, 0.1) is 0 Å². The first-order valence-electron chi connectivity index (χ1n) is 4.57. The maximum Gasteiger partial charge on any atom is 0.0349 e. The number of benzene rings is 1. The zero-order valence-electron chi connectivity index (χ0n) is 8.85. The fourth-order valence-electron chi connectivity index (χ4n) is 1.68. The summed E-state index contributed by atoms with van der Waals surface area (Å²) in [7, 11) is 0. The van der Waals surface area contributed by atoms with Crippen LogP contribution in [-0.4, -0.2) is 0 Å². The van der Waals surface area contributed by atoms with Crippen molar-refractivity contribution in [3.63, 3.8) is 0 Å². The van der Waals surface area contributed by atoms with Crippen molar-refractivity contribution in [1.29, 1.82) is 0 Å². The molecule has 0 radical (unpaired) electrons. The van der Waals surface area contributed by atoms with E-state index in [4.69, 9.17) is 5.73 Å². The highest BCUT2D eigenvalue weighted by molar-refractivity contribution is 6.92. The normalized spacial score (nSPS) is 9.46. The standard InChI is InChI=1S/C11H17N.H3P/c1-4-9-6-7-11(12)10(5-2)8(9)3;/h6-7H,4-5,12H2,1-3H3;1H3. The van der Waals surface area contributed by atoms with E-state index >= 15 is 0 Å². The topological polar surface area (TPSA) is 26.0 Å². The summed E-state index contributed by atoms with van der Waals surface area (Å²) in [4.78, 5) is 0. The van der Waals surface area contributed by atoms with Crippen LogP contribution in [0.25, 0.3) is 0 Å². The fourth-order valence-corrected chi connectivity index (χ4v) is 1.68. The van der Waals surface area contributed by atoms with Gasteiger partial charge in [-0.15, -0.1) is 0 Å². The molecule has 0 saturated heterocycles. The molecule has 2 heteroatoms. The third-order valence-corrected chi connectivity index (χ3v) is 2.48. The van der Waals surface area contributed by atoms with Gasteiger partial charge in [0, 0.05) is 5.69 Å². The molecule has 0 amide bonds. The molecule has 2 N–H and O–H groups in total. The Bertz CT molecular complexity index is 282. The van der Waals surface area contributed by atoms with Crippen LogP contribution in [0.4, 0.5) is 5.69 Å². The van der Waals surface area contributed by atoms with Gasteiger partial charge in [-0.3, -0.25) is 0 Å². The van der Waals surface area contributed by atoms with Crippen LogP contribution in [0.1, 0.15) is 30.5 Å². The first-order valence-corrected chi connectivity index (χ1v) is 4.57. The summed E-state index contributed by atoms with van der Waals surface area (Å²) in [5.74, 6) is 0. The highest BCUT2D eigenvalue weighted by atomic mass is 31.0. The van der Waals surface area contributed by atoms with E-state index in [9.17, 15) is 0 Å². The highest BCUT2D eigenvalue weighted by Crippen LogP contribution is 2.21. The fraction of sp³-hybridized carbons (Fsp3) is 0.455. The minimum Gasteiger partial charge on any atom is -0.398 e. The lowest BCUT2D eigenvalue weighted by Crippen LogP contribution is -1.99. The molecule has 0 bridgehead atoms. The number of anilines is 1. The monoisotopic (exact) mass is 197 g/mol. The summed E-state index contributed by atoms with van der Waals surface area (Å²) in [6.45, 7) is 6.49. The maximum atomic E-state index is 5.86. The number of hydrogen-bond donors (Lipinski definition) is 1. The van der Waals surface area contributed by atoms with Crippen LogP contribution in [-0.2, 0) is 12.8 Å². The van der Waals surface area contributed by atoms with Crippen molar-refractivity contribution in [2.45, 2.75) is 33.6 Å². The second kappa shape index (κ2) is 5.24. The van der Waals surface area contributed by atoms with Gasteiger partial charge >= 0.3 is 0 Å². The Morgan fingerprint density at radius 1 is 1.15 bits per heavy atom. The van der Waals surface area contributed by atoms with Crippen LogP contribution in [0, 0.1) is 6.92 Å². The molecule has 74 valence electrons. The van der Waals surface area contributed by atoms with E-state index in [0.717, 1.165) is 18.5 Å². The Hall–Kier alpha value is -0.550. The molecule has 0 heterocycles. The summed E-state index contributed by atoms with van der Waals surface area (Å²) >= 11 is 0. The number of nitrogens with two attached hydrogens (primary N) is 1. The van der Waals surface area contributed by atoms with Gasteiger partial charge < -0.3 is 5.73 Å². The predicted molar refractivity (Wildman–Crippen MR) is 65.5 cm³/mol. The molecule has 0 saturated carbocycles. The molecule has 0 fully saturated rings. The SMILES string of the molecule is CCc1ccc(N)c(CC)c1C.P. The summed E-state index contributed by atoms with van der Waals surface area (Å²) in [6.07, 6.45) is 2.13. The van der Waals surface area contributed by atoms with E-state index in [2.05, 4.69) is 26.8 Å². The van der Waals surface area contributed by atoms with Gasteiger partial charge in [0.15, 0.2) is 0 Å². The largest absolute Gasteiger partial charge is 0.398 e. The molecule has 0 aliphatic rings. The van der Waals surface area contributed by atoms with E-state index in [1.165, 1.54) is 16.7 Å². The van der Waals surface area contributed by atoms with Gasteiger partial charge in [0.2, 0.25) is 0 Å². The maximum absolute atomic E-state index is 5.86. The summed E-state index contributed by atoms with van der Waals surface area (Å²) < 4.78 is 0. The number of hydrogen-bond acceptors (Lipinski definition) is 1. The minimum absolute atomic E-state index is 0. The molecule has 1 rings (SSSR count). The molecule has 0 spiro atoms. The van der Waals surface area contributed by atoms with Crippen molar-refractivity contribution in [3.8, 4) is 0 Å². The molecule has 1 nitrogen and oxygen atoms in total. The highest BCUT2D eigenvalue weighted by Gasteiger charge is 2.03. The molecule has 0 aliphatic carbocycles. The first-order chi connectivity index (χ1) is 5.70. The molecule has 1 aromatic rings. The van der Waals surface area contributed by atoms with Crippen LogP contribution in [0.3, 0.4) is 0 Å². The lowest BCUT2D eigenvalue weighted by molar-refractivity contribution is 1.05. The average Bonchev–Trinajstić information content (AvgIpc) is 2.06. The molecular weight excluding hydrogens is 177 g/mol. The van der Waals surface area contributed by atoms with Gasteiger partial charge in [0.1, 0.15) is 0 Å². The van der Waals surface area contributed by atoms with Gasteiger partial charge in [-0.25, -0.2) is 0 Å². The number of nitrogen functional groups attached to an aromatic ring is 1. The summed E-state index contributed by atoms with van der Waals surface area (Å²) in [5.41, 5.74) is 10.9. The van der Waals surface area contributed by atoms with E-state index in [1.807, 2.05) is 6.07 Å². The second-order valence-electron chi connectivity index (χ2n) is 3.12. The van der Waals surface area contributed by atoms with Crippen molar-refractivity contribution >= 4 is 15.6 Å². The quantitative estimate of drug-likeness (QED) is 0.572. The van der Waals surface area contributed by atoms with Gasteiger partial charge in [-0.05, 0) is 42.5 Å².